The topological polar surface area (TPSA) is 43.4 Å². The van der Waals surface area contributed by atoms with Gasteiger partial charge < -0.3 is 4.74 Å². The largest absolute Gasteiger partial charge is 0.487 e. The highest BCUT2D eigenvalue weighted by Gasteiger charge is 2.26. The molecular weight excluding hydrogens is 303 g/mol. The van der Waals surface area contributed by atoms with Gasteiger partial charge in [0.2, 0.25) is 0 Å². The Balaban J connectivity index is 2.14. The minimum Gasteiger partial charge on any atom is -0.487 e. The number of rotatable bonds is 3. The lowest BCUT2D eigenvalue weighted by molar-refractivity contribution is 0.0969. The summed E-state index contributed by atoms with van der Waals surface area (Å²) in [5.41, 5.74) is 0. The van der Waals surface area contributed by atoms with Gasteiger partial charge in [-0.1, -0.05) is 13.8 Å². The van der Waals surface area contributed by atoms with Crippen LogP contribution in [0.3, 0.4) is 0 Å². The van der Waals surface area contributed by atoms with Gasteiger partial charge in [-0.05, 0) is 49.3 Å². The molecule has 0 aliphatic heterocycles. The fourth-order valence-electron chi connectivity index (χ4n) is 2.88. The van der Waals surface area contributed by atoms with E-state index < -0.39 is 14.9 Å². The lowest BCUT2D eigenvalue weighted by Gasteiger charge is -2.31. The molecule has 2 rings (SSSR count). The molecular formula is C14H18ClFO3S. The van der Waals surface area contributed by atoms with Crippen LogP contribution in [0, 0.1) is 17.7 Å². The van der Waals surface area contributed by atoms with Gasteiger partial charge in [0.05, 0.1) is 11.0 Å². The van der Waals surface area contributed by atoms with E-state index in [4.69, 9.17) is 15.4 Å². The maximum atomic E-state index is 13.9. The predicted molar refractivity (Wildman–Crippen MR) is 76.0 cm³/mol. The highest BCUT2D eigenvalue weighted by molar-refractivity contribution is 8.13. The van der Waals surface area contributed by atoms with E-state index in [0.717, 1.165) is 25.3 Å². The SMILES string of the molecule is CC1CC(C)CC(Oc2ccc(S(=O)(=O)Cl)cc2F)C1. The number of hydrogen-bond acceptors (Lipinski definition) is 3. The van der Waals surface area contributed by atoms with Crippen molar-refractivity contribution in [1.82, 2.24) is 0 Å². The molecule has 1 fully saturated rings. The third-order valence-corrected chi connectivity index (χ3v) is 4.97. The highest BCUT2D eigenvalue weighted by atomic mass is 35.7. The van der Waals surface area contributed by atoms with E-state index >= 15 is 0 Å². The summed E-state index contributed by atoms with van der Waals surface area (Å²) in [5.74, 6) is 0.488. The summed E-state index contributed by atoms with van der Waals surface area (Å²) in [6.45, 7) is 4.32. The quantitative estimate of drug-likeness (QED) is 0.792. The molecule has 1 saturated carbocycles. The maximum Gasteiger partial charge on any atom is 0.261 e. The molecule has 2 atom stereocenters. The van der Waals surface area contributed by atoms with Crippen molar-refractivity contribution < 1.29 is 17.5 Å². The van der Waals surface area contributed by atoms with Gasteiger partial charge in [-0.2, -0.15) is 0 Å². The first-order chi connectivity index (χ1) is 9.25. The van der Waals surface area contributed by atoms with E-state index in [9.17, 15) is 12.8 Å². The van der Waals surface area contributed by atoms with E-state index in [1.165, 1.54) is 12.1 Å². The molecule has 0 spiro atoms. The molecule has 0 aromatic heterocycles. The summed E-state index contributed by atoms with van der Waals surface area (Å²) < 4.78 is 41.8. The Morgan fingerprint density at radius 2 is 1.80 bits per heavy atom. The van der Waals surface area contributed by atoms with Gasteiger partial charge >= 0.3 is 0 Å². The average Bonchev–Trinajstić information content (AvgIpc) is 2.29. The van der Waals surface area contributed by atoms with Crippen LogP contribution in [0.15, 0.2) is 23.1 Å². The Bertz CT molecular complexity index is 578. The molecule has 0 amide bonds. The van der Waals surface area contributed by atoms with Crippen molar-refractivity contribution in [3.05, 3.63) is 24.0 Å². The zero-order valence-corrected chi connectivity index (χ0v) is 13.0. The second kappa shape index (κ2) is 5.90. The van der Waals surface area contributed by atoms with E-state index in [-0.39, 0.29) is 16.7 Å². The summed E-state index contributed by atoms with van der Waals surface area (Å²) in [6.07, 6.45) is 2.91. The normalized spacial score (nSPS) is 27.3. The molecule has 0 heterocycles. The van der Waals surface area contributed by atoms with Crippen LogP contribution in [0.1, 0.15) is 33.1 Å². The molecule has 1 aromatic rings. The molecule has 1 aliphatic carbocycles. The molecule has 0 N–H and O–H groups in total. The van der Waals surface area contributed by atoms with Crippen LogP contribution in [-0.4, -0.2) is 14.5 Å². The zero-order valence-electron chi connectivity index (χ0n) is 11.5. The van der Waals surface area contributed by atoms with Crippen molar-refractivity contribution in [1.29, 1.82) is 0 Å². The number of ether oxygens (including phenoxy) is 1. The fourth-order valence-corrected chi connectivity index (χ4v) is 3.64. The lowest BCUT2D eigenvalue weighted by atomic mass is 9.82. The van der Waals surface area contributed by atoms with Crippen LogP contribution < -0.4 is 4.74 Å². The van der Waals surface area contributed by atoms with E-state index in [0.29, 0.717) is 11.8 Å². The van der Waals surface area contributed by atoms with Crippen LogP contribution in [0.5, 0.6) is 5.75 Å². The Kier molecular flexibility index (Phi) is 4.59. The van der Waals surface area contributed by atoms with Crippen LogP contribution in [0.2, 0.25) is 0 Å². The van der Waals surface area contributed by atoms with Gasteiger partial charge in [-0.25, -0.2) is 12.8 Å². The molecule has 6 heteroatoms. The Labute approximate surface area is 123 Å². The van der Waals surface area contributed by atoms with Crippen molar-refractivity contribution in [2.75, 3.05) is 0 Å². The monoisotopic (exact) mass is 320 g/mol. The number of hydrogen-bond donors (Lipinski definition) is 0. The molecule has 2 unspecified atom stereocenters. The Hall–Kier alpha value is -0.810. The molecule has 112 valence electrons. The van der Waals surface area contributed by atoms with Gasteiger partial charge in [0.1, 0.15) is 0 Å². The van der Waals surface area contributed by atoms with Crippen molar-refractivity contribution in [3.8, 4) is 5.75 Å². The highest BCUT2D eigenvalue weighted by Crippen LogP contribution is 2.32. The molecule has 3 nitrogen and oxygen atoms in total. The summed E-state index contributed by atoms with van der Waals surface area (Å²) in [6, 6.07) is 3.48. The smallest absolute Gasteiger partial charge is 0.261 e. The van der Waals surface area contributed by atoms with E-state index in [1.807, 2.05) is 0 Å². The summed E-state index contributed by atoms with van der Waals surface area (Å²) in [7, 11) is 1.26. The third-order valence-electron chi connectivity index (χ3n) is 3.61. The number of halogens is 2. The second-order valence-corrected chi connectivity index (χ2v) is 8.25. The Morgan fingerprint density at radius 1 is 1.20 bits per heavy atom. The van der Waals surface area contributed by atoms with Gasteiger partial charge in [0, 0.05) is 10.7 Å². The average molecular weight is 321 g/mol. The zero-order chi connectivity index (χ0) is 14.9. The van der Waals surface area contributed by atoms with Crippen LogP contribution in [0.4, 0.5) is 4.39 Å². The lowest BCUT2D eigenvalue weighted by Crippen LogP contribution is -2.28. The summed E-state index contributed by atoms with van der Waals surface area (Å²) in [4.78, 5) is -0.255. The van der Waals surface area contributed by atoms with Crippen molar-refractivity contribution in [2.45, 2.75) is 44.1 Å². The van der Waals surface area contributed by atoms with Crippen LogP contribution in [-0.2, 0) is 9.05 Å². The van der Waals surface area contributed by atoms with Crippen LogP contribution >= 0.6 is 10.7 Å². The molecule has 0 bridgehead atoms. The predicted octanol–water partition coefficient (Wildman–Crippen LogP) is 3.96. The summed E-state index contributed by atoms with van der Waals surface area (Å²) in [5, 5.41) is 0. The van der Waals surface area contributed by atoms with Crippen molar-refractivity contribution >= 4 is 19.7 Å². The minimum absolute atomic E-state index is 0.0262. The van der Waals surface area contributed by atoms with Crippen LogP contribution in [0.25, 0.3) is 0 Å². The minimum atomic E-state index is -3.92. The maximum absolute atomic E-state index is 13.9. The Morgan fingerprint density at radius 3 is 2.30 bits per heavy atom. The van der Waals surface area contributed by atoms with E-state index in [2.05, 4.69) is 13.8 Å². The molecule has 0 radical (unpaired) electrons. The third kappa shape index (κ3) is 3.85. The van der Waals surface area contributed by atoms with Crippen molar-refractivity contribution in [3.63, 3.8) is 0 Å². The van der Waals surface area contributed by atoms with E-state index in [1.54, 1.807) is 0 Å². The van der Waals surface area contributed by atoms with Gasteiger partial charge in [0.25, 0.3) is 9.05 Å². The van der Waals surface area contributed by atoms with Gasteiger partial charge in [0.15, 0.2) is 11.6 Å². The first-order valence-corrected chi connectivity index (χ1v) is 8.97. The second-order valence-electron chi connectivity index (χ2n) is 5.69. The van der Waals surface area contributed by atoms with Gasteiger partial charge in [-0.3, -0.25) is 0 Å². The molecule has 0 saturated heterocycles. The van der Waals surface area contributed by atoms with Gasteiger partial charge in [-0.15, -0.1) is 0 Å². The molecule has 1 aliphatic rings. The fraction of sp³-hybridized carbons (Fsp3) is 0.571. The molecule has 1 aromatic carbocycles. The number of benzene rings is 1. The molecule has 20 heavy (non-hydrogen) atoms. The first kappa shape index (κ1) is 15.6. The summed E-state index contributed by atoms with van der Waals surface area (Å²) >= 11 is 0. The standard InChI is InChI=1S/C14H18ClFO3S/c1-9-5-10(2)7-11(6-9)19-14-4-3-12(8-13(14)16)20(15,17)18/h3-4,8-11H,5-7H2,1-2H3. The first-order valence-electron chi connectivity index (χ1n) is 6.66. The van der Waals surface area contributed by atoms with Crippen molar-refractivity contribution in [2.24, 2.45) is 11.8 Å².